The van der Waals surface area contributed by atoms with Crippen molar-refractivity contribution in [2.75, 3.05) is 59.5 Å². The molecule has 2 saturated carbocycles. The summed E-state index contributed by atoms with van der Waals surface area (Å²) < 4.78 is 63.3. The molecule has 20 heteroatoms. The average Bonchev–Trinajstić information content (AvgIpc) is 0.802. The summed E-state index contributed by atoms with van der Waals surface area (Å²) in [5.74, 6) is 3.04. The van der Waals surface area contributed by atoms with Crippen LogP contribution in [0.2, 0.25) is 0 Å². The lowest BCUT2D eigenvalue weighted by Gasteiger charge is -2.29. The van der Waals surface area contributed by atoms with Crippen LogP contribution >= 0.6 is 0 Å². The van der Waals surface area contributed by atoms with Crippen molar-refractivity contribution in [3.05, 3.63) is 155 Å². The van der Waals surface area contributed by atoms with E-state index in [1.165, 1.54) is 114 Å². The topological polar surface area (TPSA) is 258 Å². The van der Waals surface area contributed by atoms with E-state index in [4.69, 9.17) is 52.1 Å². The van der Waals surface area contributed by atoms with Gasteiger partial charge in [0.25, 0.3) is 0 Å². The number of benzene rings is 5. The van der Waals surface area contributed by atoms with Crippen molar-refractivity contribution in [3.63, 3.8) is 0 Å². The Balaban J connectivity index is 0.655. The Kier molecular flexibility index (Phi) is 52.8. The zero-order valence-corrected chi connectivity index (χ0v) is 76.0. The van der Waals surface area contributed by atoms with Gasteiger partial charge in [-0.1, -0.05) is 212 Å². The zero-order chi connectivity index (χ0) is 89.0. The molecule has 125 heavy (non-hydrogen) atoms. The maximum atomic E-state index is 12.9. The van der Waals surface area contributed by atoms with Gasteiger partial charge >= 0.3 is 35.8 Å². The third-order valence-corrected chi connectivity index (χ3v) is 24.2. The van der Waals surface area contributed by atoms with Gasteiger partial charge in [0.05, 0.1) is 70.2 Å². The summed E-state index contributed by atoms with van der Waals surface area (Å²) in [5.41, 5.74) is 4.79. The fourth-order valence-electron chi connectivity index (χ4n) is 16.5. The first-order chi connectivity index (χ1) is 61.1. The number of aromatic carboxylic acids is 1. The molecule has 7 rings (SSSR count). The quantitative estimate of drug-likeness (QED) is 0.00947. The number of carboxylic acid groups (broad SMARTS) is 1. The standard InChI is InChI=1S/C105H150O20/c1-5-7-27-39-82-42-46-84(47-43-82)86-50-62-93(63-51-86)124-104(113)88-54-58-91(59-55-88)115-66-30-18-9-11-21-33-69-118-96(79-106)77-99(108)120-71-35-23-14-13-20-32-68-117-95-75-90(41-29-17-26-38-74-123-103(112)81(3)4)101(98(76-95)102(110)111)122-73-37-25-16-15-24-36-72-121-100(109)78-97(80-107)119-70-34-22-12-10-19-31-67-116-92-60-56-89(57-61-92)105(114)125-94-64-52-87(53-65-94)85-48-44-83(45-49-85)40-28-8-6-2/h50-65,75-76,79-80,82-85,96-97H,3,5-49,66-74,77-78H2,1-2,4H3,(H,110,111)/t82-,83-,84-,85-,96?,97?. The van der Waals surface area contributed by atoms with Crippen molar-refractivity contribution in [1.82, 2.24) is 0 Å². The van der Waals surface area contributed by atoms with E-state index in [0.29, 0.717) is 148 Å². The summed E-state index contributed by atoms with van der Waals surface area (Å²) in [4.78, 5) is 99.2. The van der Waals surface area contributed by atoms with Crippen molar-refractivity contribution in [2.24, 2.45) is 11.8 Å². The highest BCUT2D eigenvalue weighted by atomic mass is 16.6. The van der Waals surface area contributed by atoms with E-state index in [2.05, 4.69) is 44.7 Å². The van der Waals surface area contributed by atoms with Crippen LogP contribution in [0.3, 0.4) is 0 Å². The van der Waals surface area contributed by atoms with Crippen molar-refractivity contribution < 1.29 is 95.6 Å². The van der Waals surface area contributed by atoms with Gasteiger partial charge in [-0.2, -0.15) is 0 Å². The Bertz CT molecular complexity index is 3820. The molecular formula is C105H150O20. The minimum Gasteiger partial charge on any atom is -0.494 e. The first kappa shape index (κ1) is 103. The molecule has 0 saturated heterocycles. The number of carbonyl (C=O) groups excluding carboxylic acids is 7. The number of rotatable bonds is 71. The molecular weight excluding hydrogens is 1580 g/mol. The molecule has 0 heterocycles. The predicted octanol–water partition coefficient (Wildman–Crippen LogP) is 25.1. The van der Waals surface area contributed by atoms with Crippen LogP contribution < -0.4 is 28.4 Å². The zero-order valence-electron chi connectivity index (χ0n) is 76.0. The Labute approximate surface area is 747 Å². The number of hydrogen-bond donors (Lipinski definition) is 1. The van der Waals surface area contributed by atoms with E-state index in [9.17, 15) is 43.5 Å². The van der Waals surface area contributed by atoms with Crippen LogP contribution in [0.4, 0.5) is 0 Å². The lowest BCUT2D eigenvalue weighted by molar-refractivity contribution is -0.149. The molecule has 0 spiro atoms. The largest absolute Gasteiger partial charge is 0.494 e. The van der Waals surface area contributed by atoms with Gasteiger partial charge in [-0.15, -0.1) is 0 Å². The molecule has 2 aliphatic carbocycles. The molecule has 2 unspecified atom stereocenters. The lowest BCUT2D eigenvalue weighted by atomic mass is 9.77. The number of aryl methyl sites for hydroxylation is 1. The fraction of sp³-hybridized carbons (Fsp3) is 0.619. The Morgan fingerprint density at radius 2 is 0.712 bits per heavy atom. The van der Waals surface area contributed by atoms with Crippen LogP contribution in [0.15, 0.2) is 121 Å². The SMILES string of the molecule is C=C(C)C(=O)OCCCCCCc1cc(OCCCCCCCCOC(=O)CC(C=O)OCCCCCCCCOc2ccc(C(=O)Oc3ccc([C@H]4CC[C@H](CCCCC)CC4)cc3)cc2)cc(C(=O)O)c1OCCCCCCCCOC(=O)CC(C=O)OCCCCCCCCOc1ccc(C(=O)Oc2ccc([C@H]3CC[C@H](CCCCC)CC3)cc2)cc1. The van der Waals surface area contributed by atoms with Gasteiger partial charge in [-0.05, 0) is 254 Å². The first-order valence-corrected chi connectivity index (χ1v) is 48.1. The number of esters is 5. The van der Waals surface area contributed by atoms with E-state index in [1.54, 1.807) is 61.5 Å². The molecule has 0 aliphatic heterocycles. The van der Waals surface area contributed by atoms with Gasteiger partial charge in [0.2, 0.25) is 0 Å². The normalized spacial score (nSPS) is 15.5. The molecule has 1 N–H and O–H groups in total. The number of hydrogen-bond acceptors (Lipinski definition) is 19. The van der Waals surface area contributed by atoms with Gasteiger partial charge in [-0.3, -0.25) is 9.59 Å². The van der Waals surface area contributed by atoms with Crippen molar-refractivity contribution in [1.29, 1.82) is 0 Å². The second-order valence-electron chi connectivity index (χ2n) is 34.6. The number of carbonyl (C=O) groups is 8. The van der Waals surface area contributed by atoms with Crippen LogP contribution in [-0.2, 0) is 54.1 Å². The molecule has 2 atom stereocenters. The highest BCUT2D eigenvalue weighted by Gasteiger charge is 2.26. The van der Waals surface area contributed by atoms with E-state index in [1.807, 2.05) is 30.3 Å². The van der Waals surface area contributed by atoms with Crippen molar-refractivity contribution >= 4 is 48.4 Å². The third-order valence-electron chi connectivity index (χ3n) is 24.2. The monoisotopic (exact) mass is 1730 g/mol. The molecule has 690 valence electrons. The summed E-state index contributed by atoms with van der Waals surface area (Å²) in [5, 5.41) is 10.4. The smallest absolute Gasteiger partial charge is 0.343 e. The maximum Gasteiger partial charge on any atom is 0.343 e. The van der Waals surface area contributed by atoms with Crippen molar-refractivity contribution in [3.8, 4) is 34.5 Å². The summed E-state index contributed by atoms with van der Waals surface area (Å²) in [6, 6.07) is 33.7. The van der Waals surface area contributed by atoms with Gasteiger partial charge in [0.15, 0.2) is 0 Å². The molecule has 0 aromatic heterocycles. The summed E-state index contributed by atoms with van der Waals surface area (Å²) in [6.45, 7) is 13.3. The highest BCUT2D eigenvalue weighted by Crippen LogP contribution is 2.41. The number of aldehydes is 2. The molecule has 5 aromatic carbocycles. The Hall–Kier alpha value is -8.88. The Morgan fingerprint density at radius 3 is 1.08 bits per heavy atom. The van der Waals surface area contributed by atoms with E-state index in [0.717, 1.165) is 178 Å². The fourth-order valence-corrected chi connectivity index (χ4v) is 16.5. The minimum absolute atomic E-state index is 0.0528. The van der Waals surface area contributed by atoms with Crippen LogP contribution in [0.1, 0.15) is 376 Å². The van der Waals surface area contributed by atoms with Gasteiger partial charge in [0.1, 0.15) is 64.8 Å². The number of unbranched alkanes of at least 4 members (excludes halogenated alkanes) is 27. The molecule has 2 fully saturated rings. The Morgan fingerprint density at radius 1 is 0.376 bits per heavy atom. The van der Waals surface area contributed by atoms with E-state index < -0.39 is 48.0 Å². The summed E-state index contributed by atoms with van der Waals surface area (Å²) >= 11 is 0. The maximum absolute atomic E-state index is 12.9. The second-order valence-corrected chi connectivity index (χ2v) is 34.6. The van der Waals surface area contributed by atoms with Crippen LogP contribution in [0.5, 0.6) is 34.5 Å². The molecule has 5 aromatic rings. The first-order valence-electron chi connectivity index (χ1n) is 48.1. The molecule has 2 aliphatic rings. The van der Waals surface area contributed by atoms with Gasteiger partial charge < -0.3 is 66.8 Å². The van der Waals surface area contributed by atoms with Gasteiger partial charge in [0, 0.05) is 18.8 Å². The predicted molar refractivity (Wildman–Crippen MR) is 490 cm³/mol. The minimum atomic E-state index is -1.10. The summed E-state index contributed by atoms with van der Waals surface area (Å²) in [6.07, 6.45) is 45.4. The van der Waals surface area contributed by atoms with E-state index in [-0.39, 0.29) is 31.6 Å². The average molecular weight is 1730 g/mol. The van der Waals surface area contributed by atoms with Crippen LogP contribution in [0.25, 0.3) is 0 Å². The number of ether oxygens (including phenoxy) is 11. The van der Waals surface area contributed by atoms with E-state index >= 15 is 0 Å². The third kappa shape index (κ3) is 43.9. The highest BCUT2D eigenvalue weighted by molar-refractivity contribution is 5.93. The van der Waals surface area contributed by atoms with Crippen LogP contribution in [0, 0.1) is 11.8 Å². The number of carboxylic acids is 1. The molecule has 20 nitrogen and oxygen atoms in total. The van der Waals surface area contributed by atoms with Crippen molar-refractivity contribution in [2.45, 2.75) is 347 Å². The molecule has 0 radical (unpaired) electrons. The van der Waals surface area contributed by atoms with Gasteiger partial charge in [-0.25, -0.2) is 19.2 Å². The lowest BCUT2D eigenvalue weighted by Crippen LogP contribution is -2.21. The van der Waals surface area contributed by atoms with Crippen LogP contribution in [-0.4, -0.2) is 125 Å². The molecule has 0 amide bonds. The molecule has 0 bridgehead atoms. The second kappa shape index (κ2) is 63.9. The summed E-state index contributed by atoms with van der Waals surface area (Å²) in [7, 11) is 0.